The van der Waals surface area contributed by atoms with E-state index in [-0.39, 0.29) is 18.3 Å². The fourth-order valence-corrected chi connectivity index (χ4v) is 5.39. The molecule has 0 spiro atoms. The van der Waals surface area contributed by atoms with Crippen LogP contribution in [-0.2, 0) is 11.3 Å². The number of amides is 1. The Hall–Kier alpha value is -2.26. The summed E-state index contributed by atoms with van der Waals surface area (Å²) < 4.78 is 8.13. The molecule has 0 aliphatic rings. The predicted molar refractivity (Wildman–Crippen MR) is 140 cm³/mol. The van der Waals surface area contributed by atoms with Crippen molar-refractivity contribution in [2.75, 3.05) is 24.3 Å². The standard InChI is InChI=1S/C23H23ClN4O2S2.ClH/c1-16-4-9-19(24)22-21(16)26-23(32-22)28(12-3-11-27-13-10-25-15-27)20(29)14-31-18-7-5-17(30-2)6-8-18;/h4-10,13,15H,3,11-12,14H2,1-2H3;1H. The molecule has 2 heterocycles. The number of hydrogen-bond donors (Lipinski definition) is 0. The lowest BCUT2D eigenvalue weighted by molar-refractivity contribution is -0.116. The number of imidazole rings is 1. The van der Waals surface area contributed by atoms with Gasteiger partial charge in [0.1, 0.15) is 5.75 Å². The highest BCUT2D eigenvalue weighted by molar-refractivity contribution is 8.00. The average Bonchev–Trinajstić information content (AvgIpc) is 3.49. The van der Waals surface area contributed by atoms with Gasteiger partial charge in [-0.1, -0.05) is 29.0 Å². The zero-order valence-corrected chi connectivity index (χ0v) is 21.4. The number of aromatic nitrogens is 3. The Morgan fingerprint density at radius 2 is 2.03 bits per heavy atom. The fraction of sp³-hybridized carbons (Fsp3) is 0.261. The molecule has 0 saturated carbocycles. The number of rotatable bonds is 9. The summed E-state index contributed by atoms with van der Waals surface area (Å²) in [5.74, 6) is 1.13. The van der Waals surface area contributed by atoms with Crippen molar-refractivity contribution in [1.29, 1.82) is 0 Å². The molecule has 0 saturated heterocycles. The number of halogens is 2. The second-order valence-corrected chi connectivity index (χ2v) is 9.64. The summed E-state index contributed by atoms with van der Waals surface area (Å²) >= 11 is 9.38. The Morgan fingerprint density at radius 3 is 2.70 bits per heavy atom. The largest absolute Gasteiger partial charge is 0.497 e. The lowest BCUT2D eigenvalue weighted by Crippen LogP contribution is -2.33. The number of anilines is 1. The van der Waals surface area contributed by atoms with Crippen molar-refractivity contribution in [3.63, 3.8) is 0 Å². The molecule has 0 aliphatic carbocycles. The number of thioether (sulfide) groups is 1. The maximum Gasteiger partial charge on any atom is 0.239 e. The number of aryl methyl sites for hydroxylation is 2. The molecule has 0 aliphatic heterocycles. The van der Waals surface area contributed by atoms with Gasteiger partial charge in [-0.25, -0.2) is 9.97 Å². The highest BCUT2D eigenvalue weighted by Gasteiger charge is 2.21. The van der Waals surface area contributed by atoms with Crippen molar-refractivity contribution in [1.82, 2.24) is 14.5 Å². The number of carbonyl (C=O) groups is 1. The highest BCUT2D eigenvalue weighted by atomic mass is 35.5. The Kier molecular flexibility index (Phi) is 9.02. The highest BCUT2D eigenvalue weighted by Crippen LogP contribution is 2.36. The lowest BCUT2D eigenvalue weighted by Gasteiger charge is -2.20. The molecule has 0 fully saturated rings. The monoisotopic (exact) mass is 522 g/mol. The van der Waals surface area contributed by atoms with Crippen LogP contribution >= 0.6 is 47.1 Å². The summed E-state index contributed by atoms with van der Waals surface area (Å²) in [4.78, 5) is 24.9. The van der Waals surface area contributed by atoms with Gasteiger partial charge in [-0.05, 0) is 49.2 Å². The first-order valence-corrected chi connectivity index (χ1v) is 12.3. The van der Waals surface area contributed by atoms with E-state index in [1.807, 2.05) is 54.1 Å². The number of ether oxygens (including phenoxy) is 1. The number of benzene rings is 2. The van der Waals surface area contributed by atoms with Crippen molar-refractivity contribution in [3.05, 3.63) is 65.7 Å². The second kappa shape index (κ2) is 11.7. The predicted octanol–water partition coefficient (Wildman–Crippen LogP) is 6.10. The van der Waals surface area contributed by atoms with Crippen LogP contribution in [0.1, 0.15) is 12.0 Å². The van der Waals surface area contributed by atoms with Crippen LogP contribution in [0.4, 0.5) is 5.13 Å². The van der Waals surface area contributed by atoms with Crippen molar-refractivity contribution in [3.8, 4) is 5.75 Å². The van der Waals surface area contributed by atoms with Gasteiger partial charge in [0.15, 0.2) is 5.13 Å². The van der Waals surface area contributed by atoms with Crippen molar-refractivity contribution in [2.45, 2.75) is 24.8 Å². The minimum atomic E-state index is 0. The molecule has 2 aromatic heterocycles. The van der Waals surface area contributed by atoms with Crippen molar-refractivity contribution < 1.29 is 9.53 Å². The van der Waals surface area contributed by atoms with Gasteiger partial charge < -0.3 is 9.30 Å². The summed E-state index contributed by atoms with van der Waals surface area (Å²) in [6.45, 7) is 3.35. The molecule has 0 atom stereocenters. The smallest absolute Gasteiger partial charge is 0.239 e. The fourth-order valence-electron chi connectivity index (χ4n) is 3.26. The van der Waals surface area contributed by atoms with E-state index in [0.29, 0.717) is 22.5 Å². The Balaban J connectivity index is 0.00000306. The van der Waals surface area contributed by atoms with Crippen LogP contribution in [0.2, 0.25) is 5.02 Å². The zero-order valence-electron chi connectivity index (χ0n) is 18.2. The van der Waals surface area contributed by atoms with E-state index < -0.39 is 0 Å². The van der Waals surface area contributed by atoms with Gasteiger partial charge in [-0.3, -0.25) is 9.69 Å². The molecule has 2 aromatic carbocycles. The molecule has 10 heteroatoms. The van der Waals surface area contributed by atoms with Crippen LogP contribution in [0, 0.1) is 6.92 Å². The number of thiazole rings is 1. The summed E-state index contributed by atoms with van der Waals surface area (Å²) in [7, 11) is 1.64. The first-order valence-electron chi connectivity index (χ1n) is 10.1. The first-order chi connectivity index (χ1) is 15.5. The Bertz CT molecular complexity index is 1160. The summed E-state index contributed by atoms with van der Waals surface area (Å²) in [5.41, 5.74) is 1.90. The summed E-state index contributed by atoms with van der Waals surface area (Å²) in [6, 6.07) is 11.6. The molecule has 1 amide bonds. The number of fused-ring (bicyclic) bond motifs is 1. The van der Waals surface area contributed by atoms with Gasteiger partial charge in [0.05, 0.1) is 34.4 Å². The number of methoxy groups -OCH3 is 1. The maximum absolute atomic E-state index is 13.3. The molecular formula is C23H24Cl2N4O2S2. The van der Waals surface area contributed by atoms with Crippen LogP contribution < -0.4 is 9.64 Å². The minimum absolute atomic E-state index is 0. The van der Waals surface area contributed by atoms with Crippen LogP contribution in [0.3, 0.4) is 0 Å². The molecule has 4 aromatic rings. The van der Waals surface area contributed by atoms with Gasteiger partial charge in [-0.15, -0.1) is 24.2 Å². The lowest BCUT2D eigenvalue weighted by atomic mass is 10.2. The average molecular weight is 524 g/mol. The number of nitrogens with zero attached hydrogens (tertiary/aromatic N) is 4. The topological polar surface area (TPSA) is 60.2 Å². The van der Waals surface area contributed by atoms with E-state index in [1.165, 1.54) is 23.1 Å². The van der Waals surface area contributed by atoms with E-state index in [4.69, 9.17) is 21.3 Å². The van der Waals surface area contributed by atoms with E-state index >= 15 is 0 Å². The molecule has 0 bridgehead atoms. The normalized spacial score (nSPS) is 10.8. The van der Waals surface area contributed by atoms with Gasteiger partial charge in [0.2, 0.25) is 5.91 Å². The molecule has 6 nitrogen and oxygen atoms in total. The SMILES string of the molecule is COc1ccc(SCC(=O)N(CCCn2ccnc2)c2nc3c(C)ccc(Cl)c3s2)cc1.Cl. The van der Waals surface area contributed by atoms with Gasteiger partial charge >= 0.3 is 0 Å². The van der Waals surface area contributed by atoms with E-state index in [0.717, 1.165) is 39.4 Å². The molecule has 4 rings (SSSR count). The molecule has 0 unspecified atom stereocenters. The summed E-state index contributed by atoms with van der Waals surface area (Å²) in [5, 5.41) is 1.34. The third kappa shape index (κ3) is 6.20. The summed E-state index contributed by atoms with van der Waals surface area (Å²) in [6.07, 6.45) is 6.25. The Morgan fingerprint density at radius 1 is 1.24 bits per heavy atom. The third-order valence-corrected chi connectivity index (χ3v) is 7.53. The van der Waals surface area contributed by atoms with Crippen LogP contribution in [0.25, 0.3) is 10.2 Å². The second-order valence-electron chi connectivity index (χ2n) is 7.20. The van der Waals surface area contributed by atoms with Gasteiger partial charge in [0.25, 0.3) is 0 Å². The van der Waals surface area contributed by atoms with E-state index in [2.05, 4.69) is 4.98 Å². The first kappa shape index (κ1) is 25.4. The van der Waals surface area contributed by atoms with Crippen LogP contribution in [0.15, 0.2) is 60.0 Å². The van der Waals surface area contributed by atoms with Crippen molar-refractivity contribution in [2.24, 2.45) is 0 Å². The molecular weight excluding hydrogens is 499 g/mol. The van der Waals surface area contributed by atoms with E-state index in [1.54, 1.807) is 24.5 Å². The molecule has 0 radical (unpaired) electrons. The number of carbonyl (C=O) groups excluding carboxylic acids is 1. The van der Waals surface area contributed by atoms with Gasteiger partial charge in [0, 0.05) is 30.4 Å². The Labute approximate surface area is 212 Å². The molecule has 33 heavy (non-hydrogen) atoms. The quantitative estimate of drug-likeness (QED) is 0.248. The van der Waals surface area contributed by atoms with Crippen LogP contribution in [0.5, 0.6) is 5.75 Å². The minimum Gasteiger partial charge on any atom is -0.497 e. The van der Waals surface area contributed by atoms with Crippen molar-refractivity contribution >= 4 is 68.4 Å². The molecule has 0 N–H and O–H groups in total. The third-order valence-electron chi connectivity index (χ3n) is 5.00. The van der Waals surface area contributed by atoms with Crippen LogP contribution in [-0.4, -0.2) is 39.8 Å². The molecule has 174 valence electrons. The van der Waals surface area contributed by atoms with Gasteiger partial charge in [-0.2, -0.15) is 0 Å². The number of hydrogen-bond acceptors (Lipinski definition) is 6. The van der Waals surface area contributed by atoms with E-state index in [9.17, 15) is 4.79 Å². The maximum atomic E-state index is 13.3. The zero-order chi connectivity index (χ0) is 22.5.